The molecule has 0 fully saturated rings. The van der Waals surface area contributed by atoms with Crippen LogP contribution < -0.4 is 4.74 Å². The molecule has 0 spiro atoms. The second-order valence-corrected chi connectivity index (χ2v) is 11.3. The zero-order valence-electron chi connectivity index (χ0n) is 24.7. The fraction of sp³-hybridized carbons (Fsp3) is 0. The van der Waals surface area contributed by atoms with E-state index in [0.717, 1.165) is 66.8 Å². The van der Waals surface area contributed by atoms with Gasteiger partial charge in [0.1, 0.15) is 5.75 Å². The zero-order chi connectivity index (χ0) is 30.5. The van der Waals surface area contributed by atoms with Crippen molar-refractivity contribution >= 4 is 34.0 Å². The van der Waals surface area contributed by atoms with Crippen LogP contribution in [0.3, 0.4) is 0 Å². The van der Waals surface area contributed by atoms with Crippen LogP contribution >= 0.6 is 0 Å². The molecule has 0 radical (unpaired) electrons. The minimum atomic E-state index is 0.613. The van der Waals surface area contributed by atoms with E-state index in [-0.39, 0.29) is 0 Å². The highest BCUT2D eigenvalue weighted by Gasteiger charge is 2.22. The maximum absolute atomic E-state index is 6.74. The van der Waals surface area contributed by atoms with Crippen LogP contribution in [0.15, 0.2) is 146 Å². The molecule has 1 aliphatic rings. The SMILES string of the molecule is C1=Cc2ccc3c4ccccc4n(-c4cccc(-c5nc(-c6ccccc6)nc(-c6ccccc6)n5)c4)c3c2Oc2ccccc21. The summed E-state index contributed by atoms with van der Waals surface area (Å²) in [5, 5.41) is 2.29. The summed E-state index contributed by atoms with van der Waals surface area (Å²) in [5.74, 6) is 3.55. The fourth-order valence-corrected chi connectivity index (χ4v) is 6.27. The summed E-state index contributed by atoms with van der Waals surface area (Å²) in [6.45, 7) is 0. The van der Waals surface area contributed by atoms with Crippen LogP contribution in [0.5, 0.6) is 11.5 Å². The number of hydrogen-bond acceptors (Lipinski definition) is 4. The summed E-state index contributed by atoms with van der Waals surface area (Å²) < 4.78 is 9.03. The van der Waals surface area contributed by atoms with E-state index < -0.39 is 0 Å². The third-order valence-corrected chi connectivity index (χ3v) is 8.46. The molecular weight excluding hydrogens is 564 g/mol. The maximum atomic E-state index is 6.74. The second kappa shape index (κ2) is 10.7. The smallest absolute Gasteiger partial charge is 0.164 e. The monoisotopic (exact) mass is 590 g/mol. The van der Waals surface area contributed by atoms with Crippen molar-refractivity contribution in [2.45, 2.75) is 0 Å². The lowest BCUT2D eigenvalue weighted by atomic mass is 10.1. The number of fused-ring (bicyclic) bond motifs is 6. The Balaban J connectivity index is 1.27. The standard InChI is InChI=1S/C41H26N4O/c1-3-13-29(14-4-1)39-42-40(30-15-5-2-6-16-30)44-41(43-39)31-17-11-18-32(26-31)45-35-20-9-8-19-33(35)34-25-24-28-23-22-27-12-7-10-21-36(27)46-38(28)37(34)45/h1-26H. The topological polar surface area (TPSA) is 52.8 Å². The summed E-state index contributed by atoms with van der Waals surface area (Å²) in [6.07, 6.45) is 4.26. The summed E-state index contributed by atoms with van der Waals surface area (Å²) in [5.41, 5.74) is 7.96. The lowest BCUT2D eigenvalue weighted by Gasteiger charge is -2.15. The highest BCUT2D eigenvalue weighted by atomic mass is 16.5. The van der Waals surface area contributed by atoms with E-state index in [9.17, 15) is 0 Å². The molecule has 2 aromatic heterocycles. The van der Waals surface area contributed by atoms with Crippen molar-refractivity contribution in [2.24, 2.45) is 0 Å². The predicted molar refractivity (Wildman–Crippen MR) is 186 cm³/mol. The van der Waals surface area contributed by atoms with Crippen LogP contribution in [0, 0.1) is 0 Å². The first-order valence-corrected chi connectivity index (χ1v) is 15.3. The third-order valence-electron chi connectivity index (χ3n) is 8.46. The van der Waals surface area contributed by atoms with E-state index in [1.807, 2.05) is 78.9 Å². The minimum Gasteiger partial charge on any atom is -0.454 e. The van der Waals surface area contributed by atoms with Crippen LogP contribution in [0.25, 0.3) is 73.8 Å². The molecule has 46 heavy (non-hydrogen) atoms. The molecule has 0 bridgehead atoms. The second-order valence-electron chi connectivity index (χ2n) is 11.3. The van der Waals surface area contributed by atoms with Gasteiger partial charge in [-0.25, -0.2) is 15.0 Å². The van der Waals surface area contributed by atoms with Crippen LogP contribution in [-0.4, -0.2) is 19.5 Å². The molecule has 8 aromatic rings. The molecule has 0 atom stereocenters. The van der Waals surface area contributed by atoms with E-state index >= 15 is 0 Å². The molecule has 3 heterocycles. The third kappa shape index (κ3) is 4.37. The van der Waals surface area contributed by atoms with Crippen molar-refractivity contribution in [1.29, 1.82) is 0 Å². The summed E-state index contributed by atoms with van der Waals surface area (Å²) in [6, 6.07) is 49.5. The largest absolute Gasteiger partial charge is 0.454 e. The first-order valence-electron chi connectivity index (χ1n) is 15.3. The zero-order valence-corrected chi connectivity index (χ0v) is 24.7. The maximum Gasteiger partial charge on any atom is 0.164 e. The van der Waals surface area contributed by atoms with Crippen molar-refractivity contribution in [2.75, 3.05) is 0 Å². The minimum absolute atomic E-state index is 0.613. The van der Waals surface area contributed by atoms with E-state index in [1.54, 1.807) is 0 Å². The number of nitrogens with zero attached hydrogens (tertiary/aromatic N) is 4. The van der Waals surface area contributed by atoms with Gasteiger partial charge in [-0.3, -0.25) is 0 Å². The van der Waals surface area contributed by atoms with Gasteiger partial charge in [0.15, 0.2) is 23.2 Å². The average Bonchev–Trinajstić information content (AvgIpc) is 3.34. The molecule has 5 nitrogen and oxygen atoms in total. The van der Waals surface area contributed by atoms with Crippen molar-refractivity contribution < 1.29 is 4.74 Å². The predicted octanol–water partition coefficient (Wildman–Crippen LogP) is 10.2. The van der Waals surface area contributed by atoms with Crippen LogP contribution in [0.2, 0.25) is 0 Å². The molecule has 0 amide bonds. The molecule has 5 heteroatoms. The summed E-state index contributed by atoms with van der Waals surface area (Å²) >= 11 is 0. The van der Waals surface area contributed by atoms with Gasteiger partial charge in [0, 0.05) is 44.3 Å². The highest BCUT2D eigenvalue weighted by molar-refractivity contribution is 6.12. The fourth-order valence-electron chi connectivity index (χ4n) is 6.27. The molecule has 0 saturated heterocycles. The Hall–Kier alpha value is -6.33. The Morgan fingerprint density at radius 2 is 1.07 bits per heavy atom. The number of rotatable bonds is 4. The molecule has 216 valence electrons. The van der Waals surface area contributed by atoms with Gasteiger partial charge in [-0.2, -0.15) is 0 Å². The highest BCUT2D eigenvalue weighted by Crippen LogP contribution is 2.44. The van der Waals surface area contributed by atoms with Gasteiger partial charge in [0.25, 0.3) is 0 Å². The van der Waals surface area contributed by atoms with E-state index in [0.29, 0.717) is 17.5 Å². The Bertz CT molecular complexity index is 2390. The van der Waals surface area contributed by atoms with Crippen molar-refractivity contribution in [3.05, 3.63) is 157 Å². The molecule has 0 saturated carbocycles. The van der Waals surface area contributed by atoms with Gasteiger partial charge in [0.05, 0.1) is 11.0 Å². The van der Waals surface area contributed by atoms with E-state index in [1.165, 1.54) is 0 Å². The first-order chi connectivity index (χ1) is 22.8. The molecule has 0 N–H and O–H groups in total. The molecular formula is C41H26N4O. The molecule has 0 aliphatic carbocycles. The van der Waals surface area contributed by atoms with Gasteiger partial charge in [-0.15, -0.1) is 0 Å². The lowest BCUT2D eigenvalue weighted by molar-refractivity contribution is 0.485. The number of ether oxygens (including phenoxy) is 1. The Kier molecular flexibility index (Phi) is 6.06. The molecule has 6 aromatic carbocycles. The van der Waals surface area contributed by atoms with E-state index in [2.05, 4.69) is 83.4 Å². The lowest BCUT2D eigenvalue weighted by Crippen LogP contribution is -2.01. The van der Waals surface area contributed by atoms with Crippen LogP contribution in [-0.2, 0) is 0 Å². The Morgan fingerprint density at radius 3 is 1.83 bits per heavy atom. The number of para-hydroxylation sites is 2. The van der Waals surface area contributed by atoms with Gasteiger partial charge in [0.2, 0.25) is 0 Å². The van der Waals surface area contributed by atoms with E-state index in [4.69, 9.17) is 19.7 Å². The molecule has 1 aliphatic heterocycles. The first kappa shape index (κ1) is 26.1. The van der Waals surface area contributed by atoms with Gasteiger partial charge < -0.3 is 9.30 Å². The van der Waals surface area contributed by atoms with Crippen molar-refractivity contribution in [1.82, 2.24) is 19.5 Å². The number of benzene rings is 6. The van der Waals surface area contributed by atoms with Gasteiger partial charge in [-0.05, 0) is 24.3 Å². The van der Waals surface area contributed by atoms with Gasteiger partial charge in [-0.1, -0.05) is 133 Å². The van der Waals surface area contributed by atoms with Crippen LogP contribution in [0.1, 0.15) is 11.1 Å². The number of aromatic nitrogens is 4. The number of hydrogen-bond donors (Lipinski definition) is 0. The summed E-state index contributed by atoms with van der Waals surface area (Å²) in [7, 11) is 0. The van der Waals surface area contributed by atoms with Crippen LogP contribution in [0.4, 0.5) is 0 Å². The van der Waals surface area contributed by atoms with Crippen molar-refractivity contribution in [3.8, 4) is 51.3 Å². The quantitative estimate of drug-likeness (QED) is 0.205. The average molecular weight is 591 g/mol. The Labute approximate surface area is 265 Å². The molecule has 0 unspecified atom stereocenters. The Morgan fingerprint density at radius 1 is 0.457 bits per heavy atom. The molecule has 9 rings (SSSR count). The van der Waals surface area contributed by atoms with Gasteiger partial charge >= 0.3 is 0 Å². The normalized spacial score (nSPS) is 12.0. The summed E-state index contributed by atoms with van der Waals surface area (Å²) in [4.78, 5) is 14.9. The van der Waals surface area contributed by atoms with Crippen molar-refractivity contribution in [3.63, 3.8) is 0 Å².